The van der Waals surface area contributed by atoms with Crippen LogP contribution >= 0.6 is 23.2 Å². The number of hydrogen-bond acceptors (Lipinski definition) is 2. The van der Waals surface area contributed by atoms with Crippen LogP contribution in [0.2, 0.25) is 0 Å². The number of alkyl halides is 1. The molecule has 2 unspecified atom stereocenters. The Kier molecular flexibility index (Phi) is 3.07. The van der Waals surface area contributed by atoms with Gasteiger partial charge in [0.05, 0.1) is 5.92 Å². The highest BCUT2D eigenvalue weighted by Gasteiger charge is 2.50. The fourth-order valence-corrected chi connectivity index (χ4v) is 2.09. The largest absolute Gasteiger partial charge is 0.481 e. The highest BCUT2D eigenvalue weighted by atomic mass is 35.5. The Balaban J connectivity index is 3.06. The number of aliphatic carboxylic acids is 2. The lowest BCUT2D eigenvalue weighted by molar-refractivity contribution is -0.152. The molecule has 0 saturated carbocycles. The number of halogens is 2. The van der Waals surface area contributed by atoms with Crippen LogP contribution < -0.4 is 0 Å². The first kappa shape index (κ1) is 11.3. The van der Waals surface area contributed by atoms with Crippen LogP contribution in [-0.4, -0.2) is 27.0 Å². The van der Waals surface area contributed by atoms with E-state index in [0.717, 1.165) is 0 Å². The summed E-state index contributed by atoms with van der Waals surface area (Å²) in [5.74, 6) is -3.70. The van der Waals surface area contributed by atoms with Gasteiger partial charge >= 0.3 is 11.9 Å². The second-order valence-corrected chi connectivity index (χ2v) is 4.28. The van der Waals surface area contributed by atoms with Crippen LogP contribution in [0, 0.1) is 5.92 Å². The van der Waals surface area contributed by atoms with Crippen molar-refractivity contribution in [3.8, 4) is 0 Å². The van der Waals surface area contributed by atoms with E-state index in [1.807, 2.05) is 0 Å². The maximum atomic E-state index is 10.9. The quantitative estimate of drug-likeness (QED) is 0.718. The molecule has 14 heavy (non-hydrogen) atoms. The van der Waals surface area contributed by atoms with Crippen LogP contribution in [0.15, 0.2) is 11.1 Å². The van der Waals surface area contributed by atoms with Gasteiger partial charge in [-0.3, -0.25) is 9.59 Å². The summed E-state index contributed by atoms with van der Waals surface area (Å²) in [5, 5.41) is 17.9. The molecule has 1 aliphatic carbocycles. The molecule has 0 aliphatic heterocycles. The topological polar surface area (TPSA) is 74.6 Å². The fourth-order valence-electron chi connectivity index (χ4n) is 1.39. The van der Waals surface area contributed by atoms with E-state index in [1.54, 1.807) is 0 Å². The second kappa shape index (κ2) is 3.79. The summed E-state index contributed by atoms with van der Waals surface area (Å²) in [7, 11) is 0. The average molecular weight is 239 g/mol. The first-order chi connectivity index (χ1) is 6.38. The third kappa shape index (κ3) is 1.86. The van der Waals surface area contributed by atoms with Gasteiger partial charge in [-0.25, -0.2) is 0 Å². The predicted octanol–water partition coefficient (Wildman–Crippen LogP) is 1.67. The van der Waals surface area contributed by atoms with Crippen molar-refractivity contribution in [1.29, 1.82) is 0 Å². The molecule has 0 aromatic rings. The number of carboxylic acids is 2. The molecule has 0 bridgehead atoms. The van der Waals surface area contributed by atoms with Gasteiger partial charge in [-0.2, -0.15) is 0 Å². The molecule has 0 amide bonds. The minimum absolute atomic E-state index is 0.0456. The minimum atomic E-state index is -1.82. The molecule has 0 saturated heterocycles. The van der Waals surface area contributed by atoms with Gasteiger partial charge < -0.3 is 10.2 Å². The van der Waals surface area contributed by atoms with E-state index in [0.29, 0.717) is 5.03 Å². The zero-order valence-electron chi connectivity index (χ0n) is 7.04. The van der Waals surface area contributed by atoms with Crippen molar-refractivity contribution in [2.75, 3.05) is 0 Å². The zero-order valence-corrected chi connectivity index (χ0v) is 8.55. The predicted molar refractivity (Wildman–Crippen MR) is 50.5 cm³/mol. The summed E-state index contributed by atoms with van der Waals surface area (Å²) in [5.41, 5.74) is 0. The van der Waals surface area contributed by atoms with Crippen molar-refractivity contribution in [2.45, 2.75) is 17.7 Å². The molecule has 1 aliphatic rings. The number of allylic oxidation sites excluding steroid dienone is 2. The zero-order chi connectivity index (χ0) is 10.9. The fraction of sp³-hybridized carbons (Fsp3) is 0.500. The van der Waals surface area contributed by atoms with Crippen LogP contribution in [0.5, 0.6) is 0 Å². The van der Waals surface area contributed by atoms with E-state index in [2.05, 4.69) is 0 Å². The van der Waals surface area contributed by atoms with Gasteiger partial charge in [0.15, 0.2) is 4.87 Å². The van der Waals surface area contributed by atoms with Crippen LogP contribution in [-0.2, 0) is 9.59 Å². The van der Waals surface area contributed by atoms with Crippen molar-refractivity contribution < 1.29 is 19.8 Å². The van der Waals surface area contributed by atoms with Crippen LogP contribution in [0.3, 0.4) is 0 Å². The van der Waals surface area contributed by atoms with Gasteiger partial charge in [-0.15, -0.1) is 11.6 Å². The molecule has 0 aromatic heterocycles. The standard InChI is InChI=1S/C8H8Cl2O4/c9-4-1-2-5(6(11)12)8(10,3-4)7(13)14/h1,5H,2-3H2,(H,11,12)(H,13,14). The molecule has 2 atom stereocenters. The Bertz CT molecular complexity index is 312. The smallest absolute Gasteiger partial charge is 0.326 e. The lowest BCUT2D eigenvalue weighted by Gasteiger charge is -2.31. The van der Waals surface area contributed by atoms with E-state index in [1.165, 1.54) is 6.08 Å². The summed E-state index contributed by atoms with van der Waals surface area (Å²) in [6, 6.07) is 0. The Labute approximate surface area is 90.1 Å². The Morgan fingerprint density at radius 2 is 2.07 bits per heavy atom. The first-order valence-electron chi connectivity index (χ1n) is 3.87. The molecular weight excluding hydrogens is 231 g/mol. The van der Waals surface area contributed by atoms with E-state index in [-0.39, 0.29) is 12.8 Å². The molecular formula is C8H8Cl2O4. The van der Waals surface area contributed by atoms with Crippen molar-refractivity contribution in [1.82, 2.24) is 0 Å². The monoisotopic (exact) mass is 238 g/mol. The third-order valence-electron chi connectivity index (χ3n) is 2.21. The van der Waals surface area contributed by atoms with Crippen molar-refractivity contribution in [3.63, 3.8) is 0 Å². The number of carbonyl (C=O) groups is 2. The normalized spacial score (nSPS) is 32.1. The van der Waals surface area contributed by atoms with Crippen LogP contribution in [0.25, 0.3) is 0 Å². The number of carboxylic acid groups (broad SMARTS) is 2. The highest BCUT2D eigenvalue weighted by Crippen LogP contribution is 2.40. The van der Waals surface area contributed by atoms with Gasteiger partial charge in [-0.1, -0.05) is 17.7 Å². The SMILES string of the molecule is O=C(O)C1CC=C(Cl)CC1(Cl)C(=O)O. The third-order valence-corrected chi connectivity index (χ3v) is 3.05. The van der Waals surface area contributed by atoms with Gasteiger partial charge in [0.25, 0.3) is 0 Å². The summed E-state index contributed by atoms with van der Waals surface area (Å²) in [6.45, 7) is 0. The first-order valence-corrected chi connectivity index (χ1v) is 4.63. The Morgan fingerprint density at radius 1 is 1.50 bits per heavy atom. The molecule has 0 radical (unpaired) electrons. The molecule has 0 heterocycles. The molecule has 2 N–H and O–H groups in total. The van der Waals surface area contributed by atoms with Crippen molar-refractivity contribution in [2.24, 2.45) is 5.92 Å². The number of rotatable bonds is 2. The van der Waals surface area contributed by atoms with E-state index in [4.69, 9.17) is 33.4 Å². The molecule has 4 nitrogen and oxygen atoms in total. The molecule has 6 heteroatoms. The molecule has 0 spiro atoms. The van der Waals surface area contributed by atoms with Gasteiger partial charge in [0.1, 0.15) is 0 Å². The molecule has 78 valence electrons. The van der Waals surface area contributed by atoms with Crippen LogP contribution in [0.1, 0.15) is 12.8 Å². The van der Waals surface area contributed by atoms with Gasteiger partial charge in [0.2, 0.25) is 0 Å². The second-order valence-electron chi connectivity index (χ2n) is 3.12. The lowest BCUT2D eigenvalue weighted by Crippen LogP contribution is -2.46. The highest BCUT2D eigenvalue weighted by molar-refractivity contribution is 6.37. The summed E-state index contributed by atoms with van der Waals surface area (Å²) >= 11 is 11.4. The Morgan fingerprint density at radius 3 is 2.50 bits per heavy atom. The van der Waals surface area contributed by atoms with E-state index >= 15 is 0 Å². The Hall–Kier alpha value is -0.740. The average Bonchev–Trinajstić information content (AvgIpc) is 2.02. The maximum Gasteiger partial charge on any atom is 0.326 e. The minimum Gasteiger partial charge on any atom is -0.481 e. The molecule has 0 fully saturated rings. The van der Waals surface area contributed by atoms with Crippen molar-refractivity contribution >= 4 is 35.1 Å². The lowest BCUT2D eigenvalue weighted by atomic mass is 9.82. The van der Waals surface area contributed by atoms with Gasteiger partial charge in [-0.05, 0) is 6.42 Å². The number of hydrogen-bond donors (Lipinski definition) is 2. The maximum absolute atomic E-state index is 10.9. The molecule has 1 rings (SSSR count). The summed E-state index contributed by atoms with van der Waals surface area (Å²) < 4.78 is 0. The summed E-state index contributed by atoms with van der Waals surface area (Å²) in [4.78, 5) is 19.8. The van der Waals surface area contributed by atoms with Gasteiger partial charge in [0, 0.05) is 11.5 Å². The summed E-state index contributed by atoms with van der Waals surface area (Å²) in [6.07, 6.45) is 1.39. The van der Waals surface area contributed by atoms with Crippen LogP contribution in [0.4, 0.5) is 0 Å². The van der Waals surface area contributed by atoms with E-state index < -0.39 is 22.7 Å². The van der Waals surface area contributed by atoms with Crippen molar-refractivity contribution in [3.05, 3.63) is 11.1 Å². The van der Waals surface area contributed by atoms with E-state index in [9.17, 15) is 9.59 Å². The molecule has 0 aromatic carbocycles.